The SMILES string of the molecule is COc1ccc([C@@H]2CN(C(C)=O)CCN2S(=O)(=O)N(C)C)cc1. The van der Waals surface area contributed by atoms with Gasteiger partial charge in [0, 0.05) is 40.7 Å². The van der Waals surface area contributed by atoms with Crippen LogP contribution in [0, 0.1) is 0 Å². The molecule has 1 aliphatic heterocycles. The minimum absolute atomic E-state index is 0.0505. The molecule has 0 unspecified atom stereocenters. The number of amides is 1. The molecule has 1 aliphatic rings. The van der Waals surface area contributed by atoms with E-state index in [1.54, 1.807) is 24.1 Å². The first-order valence-corrected chi connectivity index (χ1v) is 8.76. The van der Waals surface area contributed by atoms with Gasteiger partial charge in [0.2, 0.25) is 5.91 Å². The molecule has 1 amide bonds. The lowest BCUT2D eigenvalue weighted by atomic mass is 10.0. The number of hydrogen-bond donors (Lipinski definition) is 0. The van der Waals surface area contributed by atoms with E-state index in [-0.39, 0.29) is 12.5 Å². The summed E-state index contributed by atoms with van der Waals surface area (Å²) < 4.78 is 33.0. The van der Waals surface area contributed by atoms with Crippen molar-refractivity contribution in [1.82, 2.24) is 13.5 Å². The summed E-state index contributed by atoms with van der Waals surface area (Å²) in [5.74, 6) is 0.653. The molecule has 0 N–H and O–H groups in total. The Morgan fingerprint density at radius 2 is 1.83 bits per heavy atom. The summed E-state index contributed by atoms with van der Waals surface area (Å²) >= 11 is 0. The van der Waals surface area contributed by atoms with Crippen molar-refractivity contribution in [2.75, 3.05) is 40.8 Å². The van der Waals surface area contributed by atoms with E-state index in [2.05, 4.69) is 0 Å². The molecule has 23 heavy (non-hydrogen) atoms. The standard InChI is InChI=1S/C15H23N3O4S/c1-12(19)17-9-10-18(23(20,21)16(2)3)15(11-17)13-5-7-14(22-4)8-6-13/h5-8,15H,9-11H2,1-4H3/t15-/m0/s1. The van der Waals surface area contributed by atoms with Crippen molar-refractivity contribution in [2.24, 2.45) is 0 Å². The van der Waals surface area contributed by atoms with Crippen molar-refractivity contribution in [3.8, 4) is 5.75 Å². The maximum Gasteiger partial charge on any atom is 0.282 e. The molecular formula is C15H23N3O4S. The number of nitrogens with zero attached hydrogens (tertiary/aromatic N) is 3. The highest BCUT2D eigenvalue weighted by atomic mass is 32.2. The molecule has 1 heterocycles. The van der Waals surface area contributed by atoms with Crippen LogP contribution >= 0.6 is 0 Å². The van der Waals surface area contributed by atoms with Crippen LogP contribution in [0.15, 0.2) is 24.3 Å². The molecule has 0 bridgehead atoms. The van der Waals surface area contributed by atoms with Gasteiger partial charge in [0.1, 0.15) is 5.75 Å². The van der Waals surface area contributed by atoms with Gasteiger partial charge < -0.3 is 9.64 Å². The Morgan fingerprint density at radius 1 is 1.22 bits per heavy atom. The van der Waals surface area contributed by atoms with Crippen molar-refractivity contribution in [1.29, 1.82) is 0 Å². The van der Waals surface area contributed by atoms with Crippen LogP contribution in [0.1, 0.15) is 18.5 Å². The van der Waals surface area contributed by atoms with E-state index < -0.39 is 16.3 Å². The summed E-state index contributed by atoms with van der Waals surface area (Å²) in [5.41, 5.74) is 0.835. The monoisotopic (exact) mass is 341 g/mol. The van der Waals surface area contributed by atoms with Crippen molar-refractivity contribution in [2.45, 2.75) is 13.0 Å². The Morgan fingerprint density at radius 3 is 2.30 bits per heavy atom. The molecule has 0 aliphatic carbocycles. The Hall–Kier alpha value is -1.64. The van der Waals surface area contributed by atoms with E-state index in [0.717, 1.165) is 5.56 Å². The van der Waals surface area contributed by atoms with E-state index in [0.29, 0.717) is 18.8 Å². The fourth-order valence-corrected chi connectivity index (χ4v) is 3.88. The predicted molar refractivity (Wildman–Crippen MR) is 87.3 cm³/mol. The van der Waals surface area contributed by atoms with Gasteiger partial charge in [0.25, 0.3) is 10.2 Å². The summed E-state index contributed by atoms with van der Waals surface area (Å²) in [7, 11) is 1.04. The van der Waals surface area contributed by atoms with Crippen LogP contribution in [0.5, 0.6) is 5.75 Å². The lowest BCUT2D eigenvalue weighted by molar-refractivity contribution is -0.131. The molecule has 2 rings (SSSR count). The lowest BCUT2D eigenvalue weighted by Gasteiger charge is -2.41. The Kier molecular flexibility index (Phi) is 5.28. The molecule has 0 spiro atoms. The van der Waals surface area contributed by atoms with Crippen molar-refractivity contribution < 1.29 is 17.9 Å². The minimum atomic E-state index is -3.56. The van der Waals surface area contributed by atoms with E-state index in [1.165, 1.54) is 29.6 Å². The number of benzene rings is 1. The maximum absolute atomic E-state index is 12.6. The summed E-state index contributed by atoms with van der Waals surface area (Å²) in [6, 6.07) is 6.85. The molecule has 0 saturated carbocycles. The quantitative estimate of drug-likeness (QED) is 0.809. The molecule has 0 radical (unpaired) electrons. The first-order chi connectivity index (χ1) is 10.8. The van der Waals surface area contributed by atoms with Gasteiger partial charge in [-0.25, -0.2) is 0 Å². The van der Waals surface area contributed by atoms with Crippen molar-refractivity contribution in [3.63, 3.8) is 0 Å². The topological polar surface area (TPSA) is 70.2 Å². The third-order valence-electron chi connectivity index (χ3n) is 4.03. The average molecular weight is 341 g/mol. The zero-order valence-corrected chi connectivity index (χ0v) is 14.7. The van der Waals surface area contributed by atoms with Gasteiger partial charge in [0.05, 0.1) is 13.2 Å². The number of carbonyl (C=O) groups excluding carboxylic acids is 1. The number of carbonyl (C=O) groups is 1. The number of hydrogen-bond acceptors (Lipinski definition) is 4. The smallest absolute Gasteiger partial charge is 0.282 e. The van der Waals surface area contributed by atoms with Crippen molar-refractivity contribution in [3.05, 3.63) is 29.8 Å². The first kappa shape index (κ1) is 17.7. The molecule has 8 heteroatoms. The number of rotatable bonds is 4. The Balaban J connectivity index is 2.38. The molecule has 0 aromatic heterocycles. The normalized spacial score (nSPS) is 19.9. The molecule has 1 saturated heterocycles. The van der Waals surface area contributed by atoms with E-state index >= 15 is 0 Å². The van der Waals surface area contributed by atoms with Crippen LogP contribution < -0.4 is 4.74 Å². The van der Waals surface area contributed by atoms with Gasteiger partial charge in [0.15, 0.2) is 0 Å². The van der Waals surface area contributed by atoms with Gasteiger partial charge in [-0.05, 0) is 17.7 Å². The summed E-state index contributed by atoms with van der Waals surface area (Å²) in [4.78, 5) is 13.4. The second-order valence-corrected chi connectivity index (χ2v) is 7.75. The van der Waals surface area contributed by atoms with Crippen LogP contribution in [0.25, 0.3) is 0 Å². The Bertz CT molecular complexity index is 658. The highest BCUT2D eigenvalue weighted by Gasteiger charge is 2.37. The third kappa shape index (κ3) is 3.65. The number of methoxy groups -OCH3 is 1. The van der Waals surface area contributed by atoms with Crippen LogP contribution in [-0.4, -0.2) is 68.7 Å². The van der Waals surface area contributed by atoms with Gasteiger partial charge >= 0.3 is 0 Å². The van der Waals surface area contributed by atoms with E-state index in [9.17, 15) is 13.2 Å². The van der Waals surface area contributed by atoms with Crippen LogP contribution in [-0.2, 0) is 15.0 Å². The second kappa shape index (κ2) is 6.86. The molecule has 1 fully saturated rings. The number of piperazine rings is 1. The zero-order valence-electron chi connectivity index (χ0n) is 13.9. The molecule has 7 nitrogen and oxygen atoms in total. The molecule has 1 aromatic rings. The molecule has 1 aromatic carbocycles. The van der Waals surface area contributed by atoms with Crippen LogP contribution in [0.3, 0.4) is 0 Å². The maximum atomic E-state index is 12.6. The van der Waals surface area contributed by atoms with E-state index in [4.69, 9.17) is 4.74 Å². The summed E-state index contributed by atoms with van der Waals surface area (Å²) in [5, 5.41) is 0. The summed E-state index contributed by atoms with van der Waals surface area (Å²) in [6.45, 7) is 2.52. The average Bonchev–Trinajstić information content (AvgIpc) is 2.54. The lowest BCUT2D eigenvalue weighted by Crippen LogP contribution is -2.54. The molecular weight excluding hydrogens is 318 g/mol. The second-order valence-electron chi connectivity index (χ2n) is 5.65. The van der Waals surface area contributed by atoms with Gasteiger partial charge in [-0.15, -0.1) is 0 Å². The Labute approximate surface area is 137 Å². The minimum Gasteiger partial charge on any atom is -0.497 e. The van der Waals surface area contributed by atoms with E-state index in [1.807, 2.05) is 12.1 Å². The zero-order chi connectivity index (χ0) is 17.2. The van der Waals surface area contributed by atoms with Crippen LogP contribution in [0.4, 0.5) is 0 Å². The largest absolute Gasteiger partial charge is 0.497 e. The van der Waals surface area contributed by atoms with Gasteiger partial charge in [-0.1, -0.05) is 12.1 Å². The third-order valence-corrected chi connectivity index (χ3v) is 5.99. The van der Waals surface area contributed by atoms with Gasteiger partial charge in [-0.2, -0.15) is 17.0 Å². The summed E-state index contributed by atoms with van der Waals surface area (Å²) in [6.07, 6.45) is 0. The highest BCUT2D eigenvalue weighted by Crippen LogP contribution is 2.30. The number of ether oxygens (including phenoxy) is 1. The fourth-order valence-electron chi connectivity index (χ4n) is 2.64. The molecule has 1 atom stereocenters. The van der Waals surface area contributed by atoms with Crippen molar-refractivity contribution >= 4 is 16.1 Å². The fraction of sp³-hybridized carbons (Fsp3) is 0.533. The van der Waals surface area contributed by atoms with Gasteiger partial charge in [-0.3, -0.25) is 4.79 Å². The predicted octanol–water partition coefficient (Wildman–Crippen LogP) is 0.707. The highest BCUT2D eigenvalue weighted by molar-refractivity contribution is 7.86. The first-order valence-electron chi connectivity index (χ1n) is 7.36. The molecule has 128 valence electrons. The van der Waals surface area contributed by atoms with Crippen LogP contribution in [0.2, 0.25) is 0 Å².